The van der Waals surface area contributed by atoms with E-state index >= 15 is 0 Å². The number of alkyl halides is 2. The number of imidazole rings is 1. The maximum absolute atomic E-state index is 14.2. The minimum atomic E-state index is -2.76. The number of hydrogen-bond donors (Lipinski definition) is 3. The Hall–Kier alpha value is -4.08. The van der Waals surface area contributed by atoms with Crippen molar-refractivity contribution >= 4 is 34.2 Å². The van der Waals surface area contributed by atoms with E-state index in [0.29, 0.717) is 11.3 Å². The Bertz CT molecular complexity index is 1300. The number of furan rings is 1. The molecule has 0 unspecified atom stereocenters. The molecule has 0 saturated carbocycles. The molecule has 0 bridgehead atoms. The van der Waals surface area contributed by atoms with Crippen molar-refractivity contribution in [1.29, 1.82) is 0 Å². The highest BCUT2D eigenvalue weighted by Gasteiger charge is 2.16. The van der Waals surface area contributed by atoms with Crippen LogP contribution in [0, 0.1) is 12.7 Å². The van der Waals surface area contributed by atoms with E-state index in [1.54, 1.807) is 6.92 Å². The van der Waals surface area contributed by atoms with Crippen LogP contribution in [0.3, 0.4) is 0 Å². The minimum absolute atomic E-state index is 0.131. The van der Waals surface area contributed by atoms with E-state index < -0.39 is 29.9 Å². The summed E-state index contributed by atoms with van der Waals surface area (Å²) in [5, 5.41) is 5.02. The molecule has 2 amide bonds. The Kier molecular flexibility index (Phi) is 5.20. The summed E-state index contributed by atoms with van der Waals surface area (Å²) in [6, 6.07) is 9.41. The Morgan fingerprint density at radius 2 is 1.87 bits per heavy atom. The molecule has 7 nitrogen and oxygen atoms in total. The number of halogens is 3. The second-order valence-electron chi connectivity index (χ2n) is 6.65. The van der Waals surface area contributed by atoms with Crippen LogP contribution >= 0.6 is 0 Å². The molecule has 0 aliphatic rings. The van der Waals surface area contributed by atoms with E-state index in [4.69, 9.17) is 4.42 Å². The molecule has 4 rings (SSSR count). The third-order valence-corrected chi connectivity index (χ3v) is 4.54. The second kappa shape index (κ2) is 7.98. The largest absolute Gasteiger partial charge is 0.469 e. The third kappa shape index (κ3) is 4.13. The van der Waals surface area contributed by atoms with Crippen LogP contribution in [-0.2, 0) is 0 Å². The molecular formula is C21H15F3N4O3. The summed E-state index contributed by atoms with van der Waals surface area (Å²) in [6.45, 7) is 1.60. The molecule has 158 valence electrons. The molecule has 31 heavy (non-hydrogen) atoms. The lowest BCUT2D eigenvalue weighted by Gasteiger charge is -2.10. The highest BCUT2D eigenvalue weighted by Crippen LogP contribution is 2.23. The fourth-order valence-electron chi connectivity index (χ4n) is 2.99. The van der Waals surface area contributed by atoms with Crippen molar-refractivity contribution in [3.05, 3.63) is 77.3 Å². The number of aromatic nitrogens is 2. The predicted octanol–water partition coefficient (Wildman–Crippen LogP) is 5.05. The van der Waals surface area contributed by atoms with Gasteiger partial charge in [-0.3, -0.25) is 9.59 Å². The van der Waals surface area contributed by atoms with Crippen molar-refractivity contribution in [2.45, 2.75) is 13.3 Å². The smallest absolute Gasteiger partial charge is 0.295 e. The maximum atomic E-state index is 14.2. The lowest BCUT2D eigenvalue weighted by molar-refractivity contribution is 0.101. The Morgan fingerprint density at radius 1 is 1.06 bits per heavy atom. The molecule has 0 fully saturated rings. The van der Waals surface area contributed by atoms with Gasteiger partial charge < -0.3 is 20.0 Å². The van der Waals surface area contributed by atoms with Gasteiger partial charge in [0.1, 0.15) is 11.6 Å². The molecule has 0 saturated heterocycles. The number of aryl methyl sites for hydroxylation is 1. The number of anilines is 2. The summed E-state index contributed by atoms with van der Waals surface area (Å²) in [5.74, 6) is -1.91. The Labute approximate surface area is 173 Å². The topological polar surface area (TPSA) is 100 Å². The number of fused-ring (bicyclic) bond motifs is 1. The first-order valence-electron chi connectivity index (χ1n) is 9.06. The molecule has 4 aromatic rings. The second-order valence-corrected chi connectivity index (χ2v) is 6.65. The van der Waals surface area contributed by atoms with E-state index in [2.05, 4.69) is 20.6 Å². The molecule has 10 heteroatoms. The van der Waals surface area contributed by atoms with Gasteiger partial charge in [0, 0.05) is 11.3 Å². The van der Waals surface area contributed by atoms with E-state index in [-0.39, 0.29) is 28.0 Å². The van der Waals surface area contributed by atoms with Gasteiger partial charge in [-0.05, 0) is 49.4 Å². The van der Waals surface area contributed by atoms with E-state index in [1.807, 2.05) is 0 Å². The number of hydrogen-bond acceptors (Lipinski definition) is 4. The quantitative estimate of drug-likeness (QED) is 0.414. The summed E-state index contributed by atoms with van der Waals surface area (Å²) in [7, 11) is 0. The third-order valence-electron chi connectivity index (χ3n) is 4.54. The van der Waals surface area contributed by atoms with Crippen molar-refractivity contribution in [3.8, 4) is 0 Å². The molecule has 2 aromatic carbocycles. The van der Waals surface area contributed by atoms with Crippen LogP contribution < -0.4 is 10.6 Å². The van der Waals surface area contributed by atoms with Gasteiger partial charge in [-0.25, -0.2) is 18.2 Å². The van der Waals surface area contributed by atoms with E-state index in [1.165, 1.54) is 42.7 Å². The summed E-state index contributed by atoms with van der Waals surface area (Å²) in [5.41, 5.74) is 1.11. The molecule has 0 aliphatic heterocycles. The number of nitrogens with one attached hydrogen (secondary N) is 3. The first-order chi connectivity index (χ1) is 14.8. The van der Waals surface area contributed by atoms with Gasteiger partial charge in [0.15, 0.2) is 5.82 Å². The molecule has 0 radical (unpaired) electrons. The van der Waals surface area contributed by atoms with Crippen LogP contribution in [0.15, 0.2) is 53.1 Å². The zero-order chi connectivity index (χ0) is 22.1. The number of aromatic amines is 1. The number of H-pyrrole nitrogens is 1. The predicted molar refractivity (Wildman–Crippen MR) is 107 cm³/mol. The summed E-state index contributed by atoms with van der Waals surface area (Å²) >= 11 is 0. The molecule has 3 N–H and O–H groups in total. The van der Waals surface area contributed by atoms with Crippen molar-refractivity contribution < 1.29 is 27.2 Å². The Morgan fingerprint density at radius 3 is 2.58 bits per heavy atom. The van der Waals surface area contributed by atoms with Gasteiger partial charge in [-0.1, -0.05) is 0 Å². The monoisotopic (exact) mass is 428 g/mol. The van der Waals surface area contributed by atoms with Gasteiger partial charge in [0.25, 0.3) is 18.2 Å². The van der Waals surface area contributed by atoms with Crippen LogP contribution in [0.2, 0.25) is 0 Å². The normalized spacial score (nSPS) is 11.1. The molecule has 2 aromatic heterocycles. The summed E-state index contributed by atoms with van der Waals surface area (Å²) in [6.07, 6.45) is -1.42. The first-order valence-corrected chi connectivity index (χ1v) is 9.06. The van der Waals surface area contributed by atoms with Crippen molar-refractivity contribution in [2.24, 2.45) is 0 Å². The van der Waals surface area contributed by atoms with Gasteiger partial charge in [0.05, 0.1) is 28.5 Å². The molecule has 2 heterocycles. The van der Waals surface area contributed by atoms with Crippen LogP contribution in [0.1, 0.15) is 38.7 Å². The van der Waals surface area contributed by atoms with Crippen molar-refractivity contribution in [2.75, 3.05) is 10.6 Å². The van der Waals surface area contributed by atoms with Crippen LogP contribution in [0.25, 0.3) is 11.0 Å². The number of benzene rings is 2. The Balaban J connectivity index is 1.53. The van der Waals surface area contributed by atoms with Crippen molar-refractivity contribution in [1.82, 2.24) is 9.97 Å². The van der Waals surface area contributed by atoms with Crippen LogP contribution in [0.5, 0.6) is 0 Å². The average Bonchev–Trinajstić information content (AvgIpc) is 3.36. The highest BCUT2D eigenvalue weighted by molar-refractivity contribution is 6.07. The van der Waals surface area contributed by atoms with Crippen LogP contribution in [0.4, 0.5) is 24.5 Å². The van der Waals surface area contributed by atoms with Gasteiger partial charge in [0.2, 0.25) is 0 Å². The minimum Gasteiger partial charge on any atom is -0.469 e. The number of rotatable bonds is 5. The van der Waals surface area contributed by atoms with Crippen molar-refractivity contribution in [3.63, 3.8) is 0 Å². The summed E-state index contributed by atoms with van der Waals surface area (Å²) in [4.78, 5) is 31.1. The standard InChI is InChI=1S/C21H15F3N4O3/c1-10-13(6-7-31-10)21(30)28-16-9-12(3-4-14(16)22)25-20(29)11-2-5-15-17(8-11)27-19(26-15)18(23)24/h2-9,18H,1H3,(H,25,29)(H,26,27)(H,28,30). The highest BCUT2D eigenvalue weighted by atomic mass is 19.3. The molecule has 0 spiro atoms. The molecular weight excluding hydrogens is 413 g/mol. The molecule has 0 aliphatic carbocycles. The molecule has 0 atom stereocenters. The van der Waals surface area contributed by atoms with Crippen LogP contribution in [-0.4, -0.2) is 21.8 Å². The first kappa shape index (κ1) is 20.2. The van der Waals surface area contributed by atoms with Gasteiger partial charge >= 0.3 is 0 Å². The zero-order valence-electron chi connectivity index (χ0n) is 16.0. The van der Waals surface area contributed by atoms with Gasteiger partial charge in [-0.2, -0.15) is 0 Å². The fourth-order valence-corrected chi connectivity index (χ4v) is 2.99. The lowest BCUT2D eigenvalue weighted by Crippen LogP contribution is -2.15. The number of amides is 2. The number of nitrogens with zero attached hydrogens (tertiary/aromatic N) is 1. The fraction of sp³-hybridized carbons (Fsp3) is 0.0952. The SMILES string of the molecule is Cc1occc1C(=O)Nc1cc(NC(=O)c2ccc3nc(C(F)F)[nH]c3c2)ccc1F. The van der Waals surface area contributed by atoms with Gasteiger partial charge in [-0.15, -0.1) is 0 Å². The number of carbonyl (C=O) groups excluding carboxylic acids is 2. The van der Waals surface area contributed by atoms with E-state index in [9.17, 15) is 22.8 Å². The zero-order valence-corrected chi connectivity index (χ0v) is 16.0. The maximum Gasteiger partial charge on any atom is 0.295 e. The van der Waals surface area contributed by atoms with E-state index in [0.717, 1.165) is 6.07 Å². The number of carbonyl (C=O) groups is 2. The average molecular weight is 428 g/mol. The lowest BCUT2D eigenvalue weighted by atomic mass is 10.1. The summed E-state index contributed by atoms with van der Waals surface area (Å²) < 4.78 is 44.8.